The highest BCUT2D eigenvalue weighted by molar-refractivity contribution is 6.03. The van der Waals surface area contributed by atoms with Crippen LogP contribution in [0.4, 0.5) is 5.69 Å². The zero-order valence-corrected chi connectivity index (χ0v) is 16.9. The third-order valence-corrected chi connectivity index (χ3v) is 5.32. The topological polar surface area (TPSA) is 75.4 Å². The van der Waals surface area contributed by atoms with Crippen LogP contribution in [-0.2, 0) is 22.4 Å². The number of nitrogens with zero attached hydrogens (tertiary/aromatic N) is 1. The summed E-state index contributed by atoms with van der Waals surface area (Å²) >= 11 is 0. The molecule has 5 nitrogen and oxygen atoms in total. The van der Waals surface area contributed by atoms with E-state index in [0.717, 1.165) is 18.5 Å². The molecule has 1 heterocycles. The first-order chi connectivity index (χ1) is 14.1. The van der Waals surface area contributed by atoms with Crippen LogP contribution in [0, 0.1) is 0 Å². The Bertz CT molecular complexity index is 863. The van der Waals surface area contributed by atoms with Gasteiger partial charge in [-0.15, -0.1) is 0 Å². The number of hydrogen-bond donors (Lipinski definition) is 2. The van der Waals surface area contributed by atoms with E-state index >= 15 is 0 Å². The molecule has 2 aromatic carbocycles. The molecule has 3 N–H and O–H groups in total. The number of nitrogens with one attached hydrogen (secondary N) is 1. The van der Waals surface area contributed by atoms with Crippen LogP contribution in [0.2, 0.25) is 0 Å². The van der Waals surface area contributed by atoms with Gasteiger partial charge in [-0.25, -0.2) is 0 Å². The summed E-state index contributed by atoms with van der Waals surface area (Å²) in [5.74, 6) is -0.247. The van der Waals surface area contributed by atoms with E-state index in [-0.39, 0.29) is 17.9 Å². The lowest BCUT2D eigenvalue weighted by molar-refractivity contribution is -0.123. The zero-order chi connectivity index (χ0) is 20.6. The number of aryl methyl sites for hydroxylation is 1. The maximum atomic E-state index is 12.8. The molecule has 1 aliphatic rings. The molecule has 0 bridgehead atoms. The van der Waals surface area contributed by atoms with Gasteiger partial charge in [0, 0.05) is 24.4 Å². The molecule has 1 aliphatic heterocycles. The third-order valence-electron chi connectivity index (χ3n) is 5.32. The molecule has 0 fully saturated rings. The van der Waals surface area contributed by atoms with Gasteiger partial charge in [-0.05, 0) is 42.9 Å². The molecule has 0 aliphatic carbocycles. The molecule has 0 spiro atoms. The molecule has 29 heavy (non-hydrogen) atoms. The first-order valence-corrected chi connectivity index (χ1v) is 10.3. The van der Waals surface area contributed by atoms with Crippen molar-refractivity contribution in [3.05, 3.63) is 77.9 Å². The minimum Gasteiger partial charge on any atom is -0.349 e. The average molecular weight is 392 g/mol. The van der Waals surface area contributed by atoms with Crippen molar-refractivity contribution in [1.82, 2.24) is 5.32 Å². The van der Waals surface area contributed by atoms with Crippen LogP contribution >= 0.6 is 0 Å². The highest BCUT2D eigenvalue weighted by Gasteiger charge is 2.23. The fourth-order valence-corrected chi connectivity index (χ4v) is 3.51. The molecule has 0 aromatic heterocycles. The van der Waals surface area contributed by atoms with Crippen molar-refractivity contribution in [1.29, 1.82) is 0 Å². The van der Waals surface area contributed by atoms with Crippen LogP contribution in [0.25, 0.3) is 0 Å². The third kappa shape index (κ3) is 5.55. The molecule has 0 unspecified atom stereocenters. The lowest BCUT2D eigenvalue weighted by Crippen LogP contribution is -2.44. The maximum absolute atomic E-state index is 12.8. The van der Waals surface area contributed by atoms with Crippen molar-refractivity contribution in [3.63, 3.8) is 0 Å². The Kier molecular flexibility index (Phi) is 7.19. The predicted octanol–water partition coefficient (Wildman–Crippen LogP) is 2.99. The van der Waals surface area contributed by atoms with Crippen molar-refractivity contribution in [2.45, 2.75) is 44.7 Å². The summed E-state index contributed by atoms with van der Waals surface area (Å²) in [6, 6.07) is 17.3. The Morgan fingerprint density at radius 1 is 1.14 bits per heavy atom. The van der Waals surface area contributed by atoms with Crippen molar-refractivity contribution in [2.24, 2.45) is 5.73 Å². The average Bonchev–Trinajstić information content (AvgIpc) is 3.19. The SMILES string of the molecule is CC[C@H](N)C(=O)N[C@H](C=CC(=O)N1CCc2ccccc21)CCc1ccccc1. The quantitative estimate of drug-likeness (QED) is 0.679. The lowest BCUT2D eigenvalue weighted by Gasteiger charge is -2.19. The van der Waals surface area contributed by atoms with Gasteiger partial charge in [-0.1, -0.05) is 61.5 Å². The number of anilines is 1. The number of hydrogen-bond acceptors (Lipinski definition) is 3. The number of benzene rings is 2. The second-order valence-corrected chi connectivity index (χ2v) is 7.38. The minimum absolute atomic E-state index is 0.0614. The predicted molar refractivity (Wildman–Crippen MR) is 117 cm³/mol. The summed E-state index contributed by atoms with van der Waals surface area (Å²) in [4.78, 5) is 26.9. The highest BCUT2D eigenvalue weighted by atomic mass is 16.2. The summed E-state index contributed by atoms with van der Waals surface area (Å²) in [5, 5.41) is 2.98. The van der Waals surface area contributed by atoms with Crippen LogP contribution in [0.1, 0.15) is 30.9 Å². The van der Waals surface area contributed by atoms with Crippen molar-refractivity contribution >= 4 is 17.5 Å². The van der Waals surface area contributed by atoms with Crippen LogP contribution in [-0.4, -0.2) is 30.4 Å². The Morgan fingerprint density at radius 3 is 2.62 bits per heavy atom. The standard InChI is InChI=1S/C24H29N3O2/c1-2-21(25)24(29)26-20(13-12-18-8-4-3-5-9-18)14-15-23(28)27-17-16-19-10-6-7-11-22(19)27/h3-11,14-15,20-21H,2,12-13,16-17,25H2,1H3,(H,26,29)/t20-,21-/m0/s1. The van der Waals surface area contributed by atoms with Gasteiger partial charge in [0.2, 0.25) is 5.91 Å². The molecule has 2 amide bonds. The van der Waals surface area contributed by atoms with Gasteiger partial charge in [-0.3, -0.25) is 9.59 Å². The monoisotopic (exact) mass is 391 g/mol. The molecule has 0 saturated carbocycles. The second kappa shape index (κ2) is 10.0. The molecule has 2 aromatic rings. The minimum atomic E-state index is -0.538. The van der Waals surface area contributed by atoms with Crippen LogP contribution in [0.3, 0.4) is 0 Å². The molecule has 2 atom stereocenters. The number of para-hydroxylation sites is 1. The Morgan fingerprint density at radius 2 is 1.86 bits per heavy atom. The molecule has 152 valence electrons. The van der Waals surface area contributed by atoms with Crippen molar-refractivity contribution in [2.75, 3.05) is 11.4 Å². The number of fused-ring (bicyclic) bond motifs is 1. The summed E-state index contributed by atoms with van der Waals surface area (Å²) in [5.41, 5.74) is 9.23. The Hall–Kier alpha value is -2.92. The van der Waals surface area contributed by atoms with Crippen molar-refractivity contribution in [3.8, 4) is 0 Å². The van der Waals surface area contributed by atoms with Gasteiger partial charge in [0.15, 0.2) is 0 Å². The number of amides is 2. The van der Waals surface area contributed by atoms with Crippen molar-refractivity contribution < 1.29 is 9.59 Å². The number of carbonyl (C=O) groups is 2. The molecule has 0 saturated heterocycles. The first kappa shape index (κ1) is 20.8. The van der Waals surface area contributed by atoms with E-state index in [1.807, 2.05) is 43.3 Å². The smallest absolute Gasteiger partial charge is 0.250 e. The first-order valence-electron chi connectivity index (χ1n) is 10.3. The van der Waals surface area contributed by atoms with E-state index in [1.54, 1.807) is 17.1 Å². The van der Waals surface area contributed by atoms with E-state index in [4.69, 9.17) is 5.73 Å². The van der Waals surface area contributed by atoms with Crippen LogP contribution in [0.15, 0.2) is 66.7 Å². The van der Waals surface area contributed by atoms with Crippen LogP contribution < -0.4 is 16.0 Å². The van der Waals surface area contributed by atoms with Gasteiger partial charge >= 0.3 is 0 Å². The number of nitrogens with two attached hydrogens (primary N) is 1. The molecule has 0 radical (unpaired) electrons. The van der Waals surface area contributed by atoms with E-state index in [0.29, 0.717) is 19.4 Å². The van der Waals surface area contributed by atoms with E-state index in [1.165, 1.54) is 11.1 Å². The molecule has 3 rings (SSSR count). The fraction of sp³-hybridized carbons (Fsp3) is 0.333. The van der Waals surface area contributed by atoms with E-state index < -0.39 is 6.04 Å². The number of rotatable bonds is 8. The summed E-state index contributed by atoms with van der Waals surface area (Å²) in [6.45, 7) is 2.57. The van der Waals surface area contributed by atoms with Gasteiger partial charge < -0.3 is 16.0 Å². The fourth-order valence-electron chi connectivity index (χ4n) is 3.51. The maximum Gasteiger partial charge on any atom is 0.250 e. The van der Waals surface area contributed by atoms with Gasteiger partial charge in [0.25, 0.3) is 5.91 Å². The highest BCUT2D eigenvalue weighted by Crippen LogP contribution is 2.27. The second-order valence-electron chi connectivity index (χ2n) is 7.38. The normalized spacial score (nSPS) is 15.2. The van der Waals surface area contributed by atoms with Gasteiger partial charge in [0.1, 0.15) is 0 Å². The molecular formula is C24H29N3O2. The summed E-state index contributed by atoms with van der Waals surface area (Å²) < 4.78 is 0. The van der Waals surface area contributed by atoms with Crippen LogP contribution in [0.5, 0.6) is 0 Å². The Labute approximate surface area is 172 Å². The van der Waals surface area contributed by atoms with Gasteiger partial charge in [-0.2, -0.15) is 0 Å². The zero-order valence-electron chi connectivity index (χ0n) is 16.9. The molecular weight excluding hydrogens is 362 g/mol. The number of carbonyl (C=O) groups excluding carboxylic acids is 2. The summed E-state index contributed by atoms with van der Waals surface area (Å²) in [6.07, 6.45) is 6.33. The van der Waals surface area contributed by atoms with E-state index in [9.17, 15) is 9.59 Å². The molecule has 5 heteroatoms. The lowest BCUT2D eigenvalue weighted by atomic mass is 10.0. The van der Waals surface area contributed by atoms with E-state index in [2.05, 4.69) is 23.5 Å². The van der Waals surface area contributed by atoms with Gasteiger partial charge in [0.05, 0.1) is 6.04 Å². The summed E-state index contributed by atoms with van der Waals surface area (Å²) in [7, 11) is 0. The largest absolute Gasteiger partial charge is 0.349 e. The Balaban J connectivity index is 1.67.